The summed E-state index contributed by atoms with van der Waals surface area (Å²) < 4.78 is 5.27. The van der Waals surface area contributed by atoms with Crippen molar-refractivity contribution in [2.75, 3.05) is 7.11 Å². The number of hydrogen-bond acceptors (Lipinski definition) is 3. The van der Waals surface area contributed by atoms with Crippen molar-refractivity contribution in [2.24, 2.45) is 5.92 Å². The molecule has 1 rings (SSSR count). The highest BCUT2D eigenvalue weighted by Gasteiger charge is 2.20. The number of carboxylic acids is 1. The summed E-state index contributed by atoms with van der Waals surface area (Å²) in [6, 6.07) is 5.33. The number of benzene rings is 1. The molecule has 0 fully saturated rings. The van der Waals surface area contributed by atoms with E-state index in [1.54, 1.807) is 7.11 Å². The number of methoxy groups -OCH3 is 1. The molecule has 1 atom stereocenters. The van der Waals surface area contributed by atoms with Gasteiger partial charge < -0.3 is 9.84 Å². The molecular formula is C14H21NO3. The molecule has 18 heavy (non-hydrogen) atoms. The molecular weight excluding hydrogens is 230 g/mol. The zero-order chi connectivity index (χ0) is 13.7. The van der Waals surface area contributed by atoms with E-state index in [0.717, 1.165) is 16.9 Å². The van der Waals surface area contributed by atoms with Gasteiger partial charge in [0.05, 0.1) is 7.11 Å². The molecule has 0 amide bonds. The summed E-state index contributed by atoms with van der Waals surface area (Å²) in [6.45, 7) is 6.26. The van der Waals surface area contributed by atoms with Gasteiger partial charge in [-0.1, -0.05) is 31.5 Å². The molecule has 0 aliphatic heterocycles. The number of nitrogens with one attached hydrogen (secondary N) is 1. The maximum absolute atomic E-state index is 11.1. The first-order chi connectivity index (χ1) is 8.45. The van der Waals surface area contributed by atoms with Crippen LogP contribution in [0.3, 0.4) is 0 Å². The zero-order valence-corrected chi connectivity index (χ0v) is 11.4. The second kappa shape index (κ2) is 6.40. The Morgan fingerprint density at radius 1 is 1.44 bits per heavy atom. The van der Waals surface area contributed by atoms with Crippen LogP contribution in [0.2, 0.25) is 0 Å². The Morgan fingerprint density at radius 3 is 2.61 bits per heavy atom. The Morgan fingerprint density at radius 2 is 2.11 bits per heavy atom. The van der Waals surface area contributed by atoms with Gasteiger partial charge in [-0.25, -0.2) is 0 Å². The Hall–Kier alpha value is -1.55. The predicted octanol–water partition coefficient (Wildman–Crippen LogP) is 2.20. The van der Waals surface area contributed by atoms with Crippen molar-refractivity contribution in [3.8, 4) is 5.75 Å². The number of carbonyl (C=O) groups is 1. The van der Waals surface area contributed by atoms with Crippen molar-refractivity contribution >= 4 is 5.97 Å². The van der Waals surface area contributed by atoms with Crippen LogP contribution >= 0.6 is 0 Å². The average Bonchev–Trinajstić information content (AvgIpc) is 2.28. The summed E-state index contributed by atoms with van der Waals surface area (Å²) >= 11 is 0. The standard InChI is InChI=1S/C14H21NO3/c1-9(2)13(14(16)17)15-8-11-7-10(3)5-6-12(11)18-4/h5-7,9,13,15H,8H2,1-4H3,(H,16,17). The van der Waals surface area contributed by atoms with Gasteiger partial charge in [-0.15, -0.1) is 0 Å². The minimum absolute atomic E-state index is 0.0401. The quantitative estimate of drug-likeness (QED) is 0.813. The monoisotopic (exact) mass is 251 g/mol. The summed E-state index contributed by atoms with van der Waals surface area (Å²) in [5, 5.41) is 12.2. The summed E-state index contributed by atoms with van der Waals surface area (Å²) in [5.41, 5.74) is 2.11. The molecule has 2 N–H and O–H groups in total. The van der Waals surface area contributed by atoms with Crippen LogP contribution in [-0.2, 0) is 11.3 Å². The Kier molecular flexibility index (Phi) is 5.16. The number of carboxylic acid groups (broad SMARTS) is 1. The van der Waals surface area contributed by atoms with Crippen molar-refractivity contribution < 1.29 is 14.6 Å². The molecule has 0 spiro atoms. The largest absolute Gasteiger partial charge is 0.496 e. The van der Waals surface area contributed by atoms with E-state index >= 15 is 0 Å². The minimum atomic E-state index is -0.823. The molecule has 4 heteroatoms. The Balaban J connectivity index is 2.78. The van der Waals surface area contributed by atoms with Gasteiger partial charge in [-0.05, 0) is 18.9 Å². The van der Waals surface area contributed by atoms with Crippen molar-refractivity contribution in [1.82, 2.24) is 5.32 Å². The van der Waals surface area contributed by atoms with Crippen molar-refractivity contribution in [2.45, 2.75) is 33.4 Å². The lowest BCUT2D eigenvalue weighted by Gasteiger charge is -2.19. The van der Waals surface area contributed by atoms with Gasteiger partial charge in [0.25, 0.3) is 0 Å². The van der Waals surface area contributed by atoms with E-state index in [-0.39, 0.29) is 5.92 Å². The summed E-state index contributed by atoms with van der Waals surface area (Å²) in [7, 11) is 1.62. The third-order valence-corrected chi connectivity index (χ3v) is 2.88. The van der Waals surface area contributed by atoms with Crippen LogP contribution in [-0.4, -0.2) is 24.2 Å². The average molecular weight is 251 g/mol. The molecule has 100 valence electrons. The highest BCUT2D eigenvalue weighted by molar-refractivity contribution is 5.73. The van der Waals surface area contributed by atoms with Crippen LogP contribution in [0, 0.1) is 12.8 Å². The first kappa shape index (κ1) is 14.5. The zero-order valence-electron chi connectivity index (χ0n) is 11.4. The summed E-state index contributed by atoms with van der Waals surface area (Å²) in [6.07, 6.45) is 0. The van der Waals surface area contributed by atoms with E-state index in [4.69, 9.17) is 9.84 Å². The van der Waals surface area contributed by atoms with E-state index in [9.17, 15) is 4.79 Å². The minimum Gasteiger partial charge on any atom is -0.496 e. The van der Waals surface area contributed by atoms with Crippen LogP contribution in [0.4, 0.5) is 0 Å². The van der Waals surface area contributed by atoms with Crippen molar-refractivity contribution in [3.05, 3.63) is 29.3 Å². The Labute approximate surface area is 108 Å². The third kappa shape index (κ3) is 3.74. The first-order valence-electron chi connectivity index (χ1n) is 6.05. The van der Waals surface area contributed by atoms with Crippen LogP contribution in [0.5, 0.6) is 5.75 Å². The fourth-order valence-electron chi connectivity index (χ4n) is 1.87. The number of rotatable bonds is 6. The normalized spacial score (nSPS) is 12.5. The summed E-state index contributed by atoms with van der Waals surface area (Å²) in [5.74, 6) is -0.00378. The van der Waals surface area contributed by atoms with Gasteiger partial charge >= 0.3 is 5.97 Å². The van der Waals surface area contributed by atoms with Crippen LogP contribution in [0.15, 0.2) is 18.2 Å². The highest BCUT2D eigenvalue weighted by Crippen LogP contribution is 2.19. The third-order valence-electron chi connectivity index (χ3n) is 2.88. The van der Waals surface area contributed by atoms with E-state index in [0.29, 0.717) is 6.54 Å². The second-order valence-corrected chi connectivity index (χ2v) is 4.76. The van der Waals surface area contributed by atoms with Crippen LogP contribution < -0.4 is 10.1 Å². The summed E-state index contributed by atoms with van der Waals surface area (Å²) in [4.78, 5) is 11.1. The van der Waals surface area contributed by atoms with Gasteiger partial charge in [0, 0.05) is 12.1 Å². The molecule has 0 radical (unpaired) electrons. The van der Waals surface area contributed by atoms with Crippen molar-refractivity contribution in [1.29, 1.82) is 0 Å². The van der Waals surface area contributed by atoms with E-state index in [1.165, 1.54) is 0 Å². The molecule has 1 aromatic carbocycles. The number of aryl methyl sites for hydroxylation is 1. The highest BCUT2D eigenvalue weighted by atomic mass is 16.5. The Bertz CT molecular complexity index is 416. The van der Waals surface area contributed by atoms with Gasteiger partial charge in [0.2, 0.25) is 0 Å². The van der Waals surface area contributed by atoms with Crippen LogP contribution in [0.25, 0.3) is 0 Å². The second-order valence-electron chi connectivity index (χ2n) is 4.76. The smallest absolute Gasteiger partial charge is 0.320 e. The molecule has 1 unspecified atom stereocenters. The maximum atomic E-state index is 11.1. The number of ether oxygens (including phenoxy) is 1. The van der Waals surface area contributed by atoms with E-state index in [2.05, 4.69) is 5.32 Å². The molecule has 0 saturated heterocycles. The first-order valence-corrected chi connectivity index (χ1v) is 6.05. The molecule has 0 aliphatic carbocycles. The van der Waals surface area contributed by atoms with Gasteiger partial charge in [-0.3, -0.25) is 10.1 Å². The molecule has 0 aliphatic rings. The van der Waals surface area contributed by atoms with Gasteiger partial charge in [-0.2, -0.15) is 0 Å². The van der Waals surface area contributed by atoms with E-state index in [1.807, 2.05) is 39.0 Å². The molecule has 1 aromatic rings. The number of aliphatic carboxylic acids is 1. The van der Waals surface area contributed by atoms with Gasteiger partial charge in [0.15, 0.2) is 0 Å². The maximum Gasteiger partial charge on any atom is 0.320 e. The fraction of sp³-hybridized carbons (Fsp3) is 0.500. The molecule has 0 heterocycles. The lowest BCUT2D eigenvalue weighted by atomic mass is 10.0. The van der Waals surface area contributed by atoms with Gasteiger partial charge in [0.1, 0.15) is 11.8 Å². The lowest BCUT2D eigenvalue weighted by molar-refractivity contribution is -0.140. The molecule has 0 bridgehead atoms. The fourth-order valence-corrected chi connectivity index (χ4v) is 1.87. The SMILES string of the molecule is COc1ccc(C)cc1CNC(C(=O)O)C(C)C. The topological polar surface area (TPSA) is 58.6 Å². The predicted molar refractivity (Wildman–Crippen MR) is 70.8 cm³/mol. The van der Waals surface area contributed by atoms with Crippen molar-refractivity contribution in [3.63, 3.8) is 0 Å². The van der Waals surface area contributed by atoms with E-state index < -0.39 is 12.0 Å². The lowest BCUT2D eigenvalue weighted by Crippen LogP contribution is -2.40. The molecule has 0 saturated carbocycles. The number of hydrogen-bond donors (Lipinski definition) is 2. The van der Waals surface area contributed by atoms with Crippen LogP contribution in [0.1, 0.15) is 25.0 Å². The molecule has 0 aromatic heterocycles. The molecule has 4 nitrogen and oxygen atoms in total.